The monoisotopic (exact) mass is 284 g/mol. The Labute approximate surface area is 119 Å². The molecule has 1 aliphatic rings. The molecule has 6 heteroatoms. The average molecular weight is 284 g/mol. The lowest BCUT2D eigenvalue weighted by Crippen LogP contribution is -2.55. The predicted octanol–water partition coefficient (Wildman–Crippen LogP) is 0.875. The second-order valence-corrected chi connectivity index (χ2v) is 5.95. The molecular formula is C13H24N4OS. The molecule has 1 saturated heterocycles. The Morgan fingerprint density at radius 1 is 1.42 bits per heavy atom. The van der Waals surface area contributed by atoms with Gasteiger partial charge in [-0.15, -0.1) is 11.3 Å². The number of thiazole rings is 1. The van der Waals surface area contributed by atoms with Crippen LogP contribution in [0.15, 0.2) is 11.6 Å². The van der Waals surface area contributed by atoms with Crippen molar-refractivity contribution in [2.45, 2.75) is 13.0 Å². The molecule has 0 radical (unpaired) electrons. The van der Waals surface area contributed by atoms with E-state index in [1.165, 1.54) is 0 Å². The van der Waals surface area contributed by atoms with Gasteiger partial charge in [0.15, 0.2) is 5.13 Å². The lowest BCUT2D eigenvalue weighted by molar-refractivity contribution is 0.0815. The van der Waals surface area contributed by atoms with Gasteiger partial charge in [-0.25, -0.2) is 4.98 Å². The number of nitrogens with two attached hydrogens (primary N) is 1. The van der Waals surface area contributed by atoms with Crippen molar-refractivity contribution in [3.63, 3.8) is 0 Å². The molecule has 0 aliphatic carbocycles. The Bertz CT molecular complexity index is 352. The second kappa shape index (κ2) is 7.19. The van der Waals surface area contributed by atoms with Gasteiger partial charge in [0.25, 0.3) is 0 Å². The minimum atomic E-state index is 0.415. The van der Waals surface area contributed by atoms with E-state index in [2.05, 4.69) is 21.7 Å². The van der Waals surface area contributed by atoms with Gasteiger partial charge >= 0.3 is 0 Å². The van der Waals surface area contributed by atoms with Crippen LogP contribution in [0.2, 0.25) is 0 Å². The van der Waals surface area contributed by atoms with Gasteiger partial charge in [0.05, 0.1) is 6.61 Å². The van der Waals surface area contributed by atoms with Crippen LogP contribution in [0.1, 0.15) is 6.92 Å². The van der Waals surface area contributed by atoms with E-state index in [9.17, 15) is 0 Å². The van der Waals surface area contributed by atoms with Crippen molar-refractivity contribution >= 4 is 16.5 Å². The molecule has 2 atom stereocenters. The maximum Gasteiger partial charge on any atom is 0.185 e. The zero-order chi connectivity index (χ0) is 13.7. The van der Waals surface area contributed by atoms with Crippen molar-refractivity contribution in [2.24, 2.45) is 11.7 Å². The van der Waals surface area contributed by atoms with Crippen LogP contribution < -0.4 is 10.6 Å². The summed E-state index contributed by atoms with van der Waals surface area (Å²) in [6, 6.07) is 0.415. The summed E-state index contributed by atoms with van der Waals surface area (Å²) < 4.78 is 5.26. The molecule has 0 spiro atoms. The largest absolute Gasteiger partial charge is 0.384 e. The van der Waals surface area contributed by atoms with E-state index in [-0.39, 0.29) is 0 Å². The highest BCUT2D eigenvalue weighted by molar-refractivity contribution is 7.13. The van der Waals surface area contributed by atoms with Crippen molar-refractivity contribution in [1.29, 1.82) is 0 Å². The van der Waals surface area contributed by atoms with Crippen LogP contribution in [0.25, 0.3) is 0 Å². The van der Waals surface area contributed by atoms with Gasteiger partial charge in [0, 0.05) is 57.5 Å². The summed E-state index contributed by atoms with van der Waals surface area (Å²) in [4.78, 5) is 9.23. The van der Waals surface area contributed by atoms with E-state index in [4.69, 9.17) is 10.5 Å². The number of rotatable bonds is 6. The molecule has 0 bridgehead atoms. The second-order valence-electron chi connectivity index (χ2n) is 5.07. The number of piperazine rings is 1. The third kappa shape index (κ3) is 3.66. The Kier molecular flexibility index (Phi) is 5.57. The zero-order valence-electron chi connectivity index (χ0n) is 11.8. The van der Waals surface area contributed by atoms with E-state index in [1.54, 1.807) is 18.4 Å². The van der Waals surface area contributed by atoms with E-state index >= 15 is 0 Å². The Morgan fingerprint density at radius 2 is 2.16 bits per heavy atom. The molecule has 2 N–H and O–H groups in total. The normalized spacial score (nSPS) is 20.5. The van der Waals surface area contributed by atoms with Crippen molar-refractivity contribution < 1.29 is 4.74 Å². The van der Waals surface area contributed by atoms with Crippen LogP contribution in [-0.2, 0) is 4.74 Å². The van der Waals surface area contributed by atoms with Crippen LogP contribution in [0.4, 0.5) is 5.13 Å². The van der Waals surface area contributed by atoms with Gasteiger partial charge in [0.1, 0.15) is 0 Å². The lowest BCUT2D eigenvalue weighted by atomic mass is 10.0. The number of ether oxygens (including phenoxy) is 1. The molecule has 1 aliphatic heterocycles. The smallest absolute Gasteiger partial charge is 0.185 e. The zero-order valence-corrected chi connectivity index (χ0v) is 12.6. The van der Waals surface area contributed by atoms with Gasteiger partial charge in [0.2, 0.25) is 0 Å². The fourth-order valence-electron chi connectivity index (χ4n) is 2.73. The van der Waals surface area contributed by atoms with E-state index in [0.29, 0.717) is 18.5 Å². The number of methoxy groups -OCH3 is 1. The van der Waals surface area contributed by atoms with Gasteiger partial charge < -0.3 is 15.4 Å². The third-order valence-electron chi connectivity index (χ3n) is 3.80. The molecule has 19 heavy (non-hydrogen) atoms. The average Bonchev–Trinajstić information content (AvgIpc) is 2.95. The molecule has 1 fully saturated rings. The first kappa shape index (κ1) is 14.7. The minimum Gasteiger partial charge on any atom is -0.384 e. The molecule has 1 aromatic heterocycles. The third-order valence-corrected chi connectivity index (χ3v) is 4.63. The summed E-state index contributed by atoms with van der Waals surface area (Å²) in [7, 11) is 1.75. The highest BCUT2D eigenvalue weighted by atomic mass is 32.1. The number of aromatic nitrogens is 1. The maximum atomic E-state index is 5.94. The molecule has 108 valence electrons. The first-order valence-electron chi connectivity index (χ1n) is 6.83. The Morgan fingerprint density at radius 3 is 2.68 bits per heavy atom. The topological polar surface area (TPSA) is 54.6 Å². The van der Waals surface area contributed by atoms with E-state index < -0.39 is 0 Å². The lowest BCUT2D eigenvalue weighted by Gasteiger charge is -2.41. The van der Waals surface area contributed by atoms with Crippen molar-refractivity contribution in [2.75, 3.05) is 51.3 Å². The number of anilines is 1. The summed E-state index contributed by atoms with van der Waals surface area (Å²) in [6.07, 6.45) is 1.87. The predicted molar refractivity (Wildman–Crippen MR) is 79.8 cm³/mol. The molecule has 0 saturated carbocycles. The fourth-order valence-corrected chi connectivity index (χ4v) is 3.43. The summed E-state index contributed by atoms with van der Waals surface area (Å²) in [5.41, 5.74) is 5.94. The summed E-state index contributed by atoms with van der Waals surface area (Å²) in [5.74, 6) is 0.474. The maximum absolute atomic E-state index is 5.94. The van der Waals surface area contributed by atoms with E-state index in [0.717, 1.165) is 37.9 Å². The summed E-state index contributed by atoms with van der Waals surface area (Å²) >= 11 is 1.71. The SMILES string of the molecule is COCC(C)C(CN)N1CCN(c2nccs2)CC1. The van der Waals surface area contributed by atoms with Crippen LogP contribution in [0.5, 0.6) is 0 Å². The highest BCUT2D eigenvalue weighted by Crippen LogP contribution is 2.21. The van der Waals surface area contributed by atoms with Crippen molar-refractivity contribution in [3.05, 3.63) is 11.6 Å². The van der Waals surface area contributed by atoms with Gasteiger partial charge in [-0.1, -0.05) is 6.92 Å². The molecule has 2 heterocycles. The molecule has 5 nitrogen and oxygen atoms in total. The fraction of sp³-hybridized carbons (Fsp3) is 0.769. The molecule has 1 aromatic rings. The number of nitrogens with zero attached hydrogens (tertiary/aromatic N) is 3. The van der Waals surface area contributed by atoms with Gasteiger partial charge in [-0.05, 0) is 5.92 Å². The number of hydrogen-bond acceptors (Lipinski definition) is 6. The first-order valence-corrected chi connectivity index (χ1v) is 7.71. The quantitative estimate of drug-likeness (QED) is 0.840. The summed E-state index contributed by atoms with van der Waals surface area (Å²) in [6.45, 7) is 7.85. The highest BCUT2D eigenvalue weighted by Gasteiger charge is 2.27. The molecule has 2 unspecified atom stereocenters. The minimum absolute atomic E-state index is 0.415. The molecule has 0 amide bonds. The molecule has 2 rings (SSSR count). The van der Waals surface area contributed by atoms with Crippen LogP contribution in [0.3, 0.4) is 0 Å². The summed E-state index contributed by atoms with van der Waals surface area (Å²) in [5, 5.41) is 3.17. The molecule has 0 aromatic carbocycles. The first-order chi connectivity index (χ1) is 9.26. The number of hydrogen-bond donors (Lipinski definition) is 1. The molecular weight excluding hydrogens is 260 g/mol. The van der Waals surface area contributed by atoms with Crippen LogP contribution in [0, 0.1) is 5.92 Å². The van der Waals surface area contributed by atoms with Crippen molar-refractivity contribution in [3.8, 4) is 0 Å². The standard InChI is InChI=1S/C13H24N4OS/c1-11(10-18-2)12(9-14)16-4-6-17(7-5-16)13-15-3-8-19-13/h3,8,11-12H,4-7,9-10,14H2,1-2H3. The van der Waals surface area contributed by atoms with Gasteiger partial charge in [-0.2, -0.15) is 0 Å². The van der Waals surface area contributed by atoms with Crippen LogP contribution >= 0.6 is 11.3 Å². The van der Waals surface area contributed by atoms with Gasteiger partial charge in [-0.3, -0.25) is 4.90 Å². The van der Waals surface area contributed by atoms with Crippen molar-refractivity contribution in [1.82, 2.24) is 9.88 Å². The van der Waals surface area contributed by atoms with E-state index in [1.807, 2.05) is 11.6 Å². The Hall–Kier alpha value is -0.690. The Balaban J connectivity index is 1.87. The van der Waals surface area contributed by atoms with Crippen LogP contribution in [-0.4, -0.2) is 62.4 Å².